The van der Waals surface area contributed by atoms with Crippen LogP contribution in [0.1, 0.15) is 0 Å². The predicted octanol–water partition coefficient (Wildman–Crippen LogP) is 3.62. The SMILES string of the molecule is c1ccc(-c2nc[nH]c2-c2nc3ccccc3[nH]2)cc1. The van der Waals surface area contributed by atoms with E-state index in [-0.39, 0.29) is 0 Å². The van der Waals surface area contributed by atoms with Gasteiger partial charge < -0.3 is 9.97 Å². The maximum atomic E-state index is 4.61. The largest absolute Gasteiger partial charge is 0.342 e. The summed E-state index contributed by atoms with van der Waals surface area (Å²) in [6.45, 7) is 0. The fraction of sp³-hybridized carbons (Fsp3) is 0. The van der Waals surface area contributed by atoms with Gasteiger partial charge in [-0.1, -0.05) is 42.5 Å². The zero-order valence-corrected chi connectivity index (χ0v) is 10.7. The molecule has 0 bridgehead atoms. The lowest BCUT2D eigenvalue weighted by atomic mass is 10.1. The third kappa shape index (κ3) is 1.70. The molecule has 0 radical (unpaired) electrons. The molecule has 4 nitrogen and oxygen atoms in total. The summed E-state index contributed by atoms with van der Waals surface area (Å²) in [6.07, 6.45) is 1.70. The Morgan fingerprint density at radius 2 is 1.65 bits per heavy atom. The molecule has 0 fully saturated rings. The van der Waals surface area contributed by atoms with Gasteiger partial charge in [-0.15, -0.1) is 0 Å². The summed E-state index contributed by atoms with van der Waals surface area (Å²) in [6, 6.07) is 18.1. The average Bonchev–Trinajstić information content (AvgIpc) is 3.14. The standard InChI is InChI=1S/C16H12N4/c1-2-6-11(7-3-1)14-15(18-10-17-14)16-19-12-8-4-5-9-13(12)20-16/h1-10H,(H,17,18)(H,19,20). The molecule has 2 N–H and O–H groups in total. The van der Waals surface area contributed by atoms with E-state index in [2.05, 4.69) is 19.9 Å². The van der Waals surface area contributed by atoms with Crippen LogP contribution in [0.3, 0.4) is 0 Å². The lowest BCUT2D eigenvalue weighted by Gasteiger charge is -1.99. The molecule has 0 saturated heterocycles. The van der Waals surface area contributed by atoms with Gasteiger partial charge in [-0.2, -0.15) is 0 Å². The van der Waals surface area contributed by atoms with E-state index in [4.69, 9.17) is 0 Å². The molecule has 4 rings (SSSR count). The van der Waals surface area contributed by atoms with Crippen LogP contribution in [0.15, 0.2) is 60.9 Å². The Balaban J connectivity index is 1.89. The summed E-state index contributed by atoms with van der Waals surface area (Å²) in [5.74, 6) is 0.808. The van der Waals surface area contributed by atoms with Gasteiger partial charge in [0.05, 0.1) is 23.1 Å². The number of benzene rings is 2. The van der Waals surface area contributed by atoms with Crippen LogP contribution < -0.4 is 0 Å². The highest BCUT2D eigenvalue weighted by Gasteiger charge is 2.13. The van der Waals surface area contributed by atoms with Crippen molar-refractivity contribution in [2.45, 2.75) is 0 Å². The Labute approximate surface area is 115 Å². The van der Waals surface area contributed by atoms with E-state index in [0.717, 1.165) is 33.8 Å². The van der Waals surface area contributed by atoms with Crippen LogP contribution in [-0.2, 0) is 0 Å². The highest BCUT2D eigenvalue weighted by molar-refractivity contribution is 5.82. The molecule has 96 valence electrons. The number of fused-ring (bicyclic) bond motifs is 1. The number of imidazole rings is 2. The second kappa shape index (κ2) is 4.35. The minimum atomic E-state index is 0.808. The smallest absolute Gasteiger partial charge is 0.157 e. The van der Waals surface area contributed by atoms with Crippen molar-refractivity contribution in [1.29, 1.82) is 0 Å². The zero-order valence-electron chi connectivity index (χ0n) is 10.7. The number of nitrogens with one attached hydrogen (secondary N) is 2. The summed E-state index contributed by atoms with van der Waals surface area (Å²) < 4.78 is 0. The van der Waals surface area contributed by atoms with Gasteiger partial charge in [0.15, 0.2) is 5.82 Å². The van der Waals surface area contributed by atoms with Gasteiger partial charge in [-0.3, -0.25) is 0 Å². The molecule has 2 heterocycles. The van der Waals surface area contributed by atoms with Crippen molar-refractivity contribution >= 4 is 11.0 Å². The molecule has 0 atom stereocenters. The van der Waals surface area contributed by atoms with Crippen molar-refractivity contribution in [1.82, 2.24) is 19.9 Å². The summed E-state index contributed by atoms with van der Waals surface area (Å²) in [5, 5.41) is 0. The summed E-state index contributed by atoms with van der Waals surface area (Å²) in [4.78, 5) is 15.5. The van der Waals surface area contributed by atoms with E-state index in [1.807, 2.05) is 54.6 Å². The third-order valence-corrected chi connectivity index (χ3v) is 3.31. The van der Waals surface area contributed by atoms with Gasteiger partial charge in [-0.25, -0.2) is 9.97 Å². The molecule has 4 aromatic rings. The van der Waals surface area contributed by atoms with Crippen molar-refractivity contribution < 1.29 is 0 Å². The van der Waals surface area contributed by atoms with Crippen molar-refractivity contribution in [2.24, 2.45) is 0 Å². The number of hydrogen-bond acceptors (Lipinski definition) is 2. The first-order valence-corrected chi connectivity index (χ1v) is 6.46. The van der Waals surface area contributed by atoms with Crippen LogP contribution in [-0.4, -0.2) is 19.9 Å². The fourth-order valence-electron chi connectivity index (χ4n) is 2.36. The lowest BCUT2D eigenvalue weighted by Crippen LogP contribution is -1.85. The average molecular weight is 260 g/mol. The van der Waals surface area contributed by atoms with Crippen LogP contribution >= 0.6 is 0 Å². The number of aromatic nitrogens is 4. The third-order valence-electron chi connectivity index (χ3n) is 3.31. The van der Waals surface area contributed by atoms with Crippen molar-refractivity contribution in [3.63, 3.8) is 0 Å². The van der Waals surface area contributed by atoms with E-state index >= 15 is 0 Å². The molecule has 4 heteroatoms. The van der Waals surface area contributed by atoms with Gasteiger partial charge >= 0.3 is 0 Å². The summed E-state index contributed by atoms with van der Waals surface area (Å²) in [5.41, 5.74) is 4.87. The number of H-pyrrole nitrogens is 2. The van der Waals surface area contributed by atoms with Crippen molar-refractivity contribution in [3.8, 4) is 22.8 Å². The first-order chi connectivity index (χ1) is 9.92. The lowest BCUT2D eigenvalue weighted by molar-refractivity contribution is 1.27. The van der Waals surface area contributed by atoms with E-state index < -0.39 is 0 Å². The molecule has 0 amide bonds. The highest BCUT2D eigenvalue weighted by Crippen LogP contribution is 2.28. The van der Waals surface area contributed by atoms with Crippen molar-refractivity contribution in [3.05, 3.63) is 60.9 Å². The second-order valence-corrected chi connectivity index (χ2v) is 4.59. The predicted molar refractivity (Wildman–Crippen MR) is 79.1 cm³/mol. The first kappa shape index (κ1) is 11.0. The van der Waals surface area contributed by atoms with Gasteiger partial charge in [0.25, 0.3) is 0 Å². The monoisotopic (exact) mass is 260 g/mol. The Morgan fingerprint density at radius 3 is 2.50 bits per heavy atom. The Bertz CT molecular complexity index is 825. The van der Waals surface area contributed by atoms with E-state index in [1.165, 1.54) is 0 Å². The Morgan fingerprint density at radius 1 is 0.850 bits per heavy atom. The van der Waals surface area contributed by atoms with Gasteiger partial charge in [-0.05, 0) is 12.1 Å². The minimum absolute atomic E-state index is 0.808. The maximum absolute atomic E-state index is 4.61. The summed E-state index contributed by atoms with van der Waals surface area (Å²) >= 11 is 0. The topological polar surface area (TPSA) is 57.4 Å². The molecule has 2 aromatic carbocycles. The molecule has 20 heavy (non-hydrogen) atoms. The fourth-order valence-corrected chi connectivity index (χ4v) is 2.36. The van der Waals surface area contributed by atoms with Crippen LogP contribution in [0.5, 0.6) is 0 Å². The Kier molecular flexibility index (Phi) is 2.39. The van der Waals surface area contributed by atoms with Gasteiger partial charge in [0, 0.05) is 5.56 Å². The van der Waals surface area contributed by atoms with Crippen LogP contribution in [0.4, 0.5) is 0 Å². The van der Waals surface area contributed by atoms with Crippen molar-refractivity contribution in [2.75, 3.05) is 0 Å². The number of para-hydroxylation sites is 2. The van der Waals surface area contributed by atoms with E-state index in [1.54, 1.807) is 6.33 Å². The number of aromatic amines is 2. The highest BCUT2D eigenvalue weighted by atomic mass is 15.0. The van der Waals surface area contributed by atoms with Crippen LogP contribution in [0.25, 0.3) is 33.8 Å². The normalized spacial score (nSPS) is 11.0. The van der Waals surface area contributed by atoms with Gasteiger partial charge in [0.2, 0.25) is 0 Å². The molecule has 0 spiro atoms. The molecular weight excluding hydrogens is 248 g/mol. The van der Waals surface area contributed by atoms with E-state index in [0.29, 0.717) is 0 Å². The van der Waals surface area contributed by atoms with Gasteiger partial charge in [0.1, 0.15) is 5.69 Å². The molecule has 2 aromatic heterocycles. The quantitative estimate of drug-likeness (QED) is 0.578. The first-order valence-electron chi connectivity index (χ1n) is 6.46. The number of hydrogen-bond donors (Lipinski definition) is 2. The second-order valence-electron chi connectivity index (χ2n) is 4.59. The van der Waals surface area contributed by atoms with Crippen LogP contribution in [0.2, 0.25) is 0 Å². The Hall–Kier alpha value is -2.88. The molecule has 0 unspecified atom stereocenters. The minimum Gasteiger partial charge on any atom is -0.342 e. The molecular formula is C16H12N4. The molecule has 0 saturated carbocycles. The number of nitrogens with zero attached hydrogens (tertiary/aromatic N) is 2. The summed E-state index contributed by atoms with van der Waals surface area (Å²) in [7, 11) is 0. The van der Waals surface area contributed by atoms with E-state index in [9.17, 15) is 0 Å². The van der Waals surface area contributed by atoms with Crippen LogP contribution in [0, 0.1) is 0 Å². The zero-order chi connectivity index (χ0) is 13.4. The maximum Gasteiger partial charge on any atom is 0.157 e. The number of rotatable bonds is 2. The molecule has 0 aliphatic carbocycles. The molecule has 0 aliphatic rings. The molecule has 0 aliphatic heterocycles.